The molecule has 1 saturated heterocycles. The minimum atomic E-state index is 0.194. The number of thioether (sulfide) groups is 1. The van der Waals surface area contributed by atoms with Crippen molar-refractivity contribution in [3.8, 4) is 0 Å². The summed E-state index contributed by atoms with van der Waals surface area (Å²) in [5.74, 6) is 0.194. The number of hydrogen-bond donors (Lipinski definition) is 0. The monoisotopic (exact) mass is 413 g/mol. The Morgan fingerprint density at radius 2 is 1.72 bits per heavy atom. The highest BCUT2D eigenvalue weighted by atomic mass is 79.9. The first-order valence-electron chi connectivity index (χ1n) is 8.62. The molecule has 2 aromatic carbocycles. The minimum absolute atomic E-state index is 0.194. The van der Waals surface area contributed by atoms with Crippen molar-refractivity contribution < 1.29 is 4.79 Å². The molecule has 0 bridgehead atoms. The number of benzene rings is 2. The zero-order valence-electron chi connectivity index (χ0n) is 14.2. The predicted molar refractivity (Wildman–Crippen MR) is 109 cm³/mol. The van der Waals surface area contributed by atoms with Gasteiger partial charge in [-0.15, -0.1) is 11.8 Å². The van der Waals surface area contributed by atoms with Gasteiger partial charge >= 0.3 is 0 Å². The molecule has 2 aliphatic heterocycles. The van der Waals surface area contributed by atoms with Crippen molar-refractivity contribution in [3.63, 3.8) is 0 Å². The summed E-state index contributed by atoms with van der Waals surface area (Å²) in [4.78, 5) is 16.6. The number of rotatable bonds is 3. The standard InChI is InChI=1S/C21H20BrNOS/c1-25-18-10-6-14(7-11-18)19-13-17-3-2-12-23(17)21(24)20(19)15-4-8-16(22)9-5-15/h4-11,17H,2-3,12-13H2,1H3. The molecule has 2 aliphatic rings. The van der Waals surface area contributed by atoms with Crippen LogP contribution in [0.15, 0.2) is 57.9 Å². The van der Waals surface area contributed by atoms with Gasteiger partial charge in [0.1, 0.15) is 0 Å². The zero-order valence-corrected chi connectivity index (χ0v) is 16.6. The van der Waals surface area contributed by atoms with E-state index in [4.69, 9.17) is 0 Å². The molecule has 0 aromatic heterocycles. The summed E-state index contributed by atoms with van der Waals surface area (Å²) in [6, 6.07) is 17.1. The number of halogens is 1. The van der Waals surface area contributed by atoms with Gasteiger partial charge in [-0.2, -0.15) is 0 Å². The maximum Gasteiger partial charge on any atom is 0.255 e. The Bertz CT molecular complexity index is 826. The van der Waals surface area contributed by atoms with E-state index in [2.05, 4.69) is 51.4 Å². The van der Waals surface area contributed by atoms with Crippen LogP contribution in [0.4, 0.5) is 0 Å². The lowest BCUT2D eigenvalue weighted by atomic mass is 9.86. The highest BCUT2D eigenvalue weighted by Gasteiger charge is 2.37. The van der Waals surface area contributed by atoms with Gasteiger partial charge in [0.15, 0.2) is 0 Å². The van der Waals surface area contributed by atoms with Gasteiger partial charge < -0.3 is 4.90 Å². The molecule has 2 aromatic rings. The van der Waals surface area contributed by atoms with E-state index in [1.165, 1.54) is 16.0 Å². The fraction of sp³-hybridized carbons (Fsp3) is 0.286. The summed E-state index contributed by atoms with van der Waals surface area (Å²) >= 11 is 5.23. The average molecular weight is 414 g/mol. The van der Waals surface area contributed by atoms with Crippen LogP contribution in [0.1, 0.15) is 30.4 Å². The zero-order chi connectivity index (χ0) is 17.4. The predicted octanol–water partition coefficient (Wildman–Crippen LogP) is 5.48. The average Bonchev–Trinajstić information content (AvgIpc) is 3.12. The molecule has 0 aliphatic carbocycles. The number of nitrogens with zero attached hydrogens (tertiary/aromatic N) is 1. The second-order valence-corrected chi connectivity index (χ2v) is 8.38. The second-order valence-electron chi connectivity index (χ2n) is 6.59. The van der Waals surface area contributed by atoms with Crippen LogP contribution in [-0.4, -0.2) is 29.6 Å². The molecule has 2 nitrogen and oxygen atoms in total. The first kappa shape index (κ1) is 16.9. The molecule has 1 amide bonds. The van der Waals surface area contributed by atoms with E-state index in [1.54, 1.807) is 11.8 Å². The van der Waals surface area contributed by atoms with Crippen LogP contribution in [0.2, 0.25) is 0 Å². The number of carbonyl (C=O) groups is 1. The third-order valence-corrected chi connectivity index (χ3v) is 6.44. The van der Waals surface area contributed by atoms with Gasteiger partial charge in [0.2, 0.25) is 0 Å². The second kappa shape index (κ2) is 7.00. The molecule has 0 saturated carbocycles. The number of carbonyl (C=O) groups excluding carboxylic acids is 1. The number of hydrogen-bond acceptors (Lipinski definition) is 2. The molecule has 0 N–H and O–H groups in total. The maximum absolute atomic E-state index is 13.3. The molecule has 4 heteroatoms. The molecular weight excluding hydrogens is 394 g/mol. The van der Waals surface area contributed by atoms with Gasteiger partial charge in [-0.3, -0.25) is 4.79 Å². The Hall–Kier alpha value is -1.52. The van der Waals surface area contributed by atoms with Crippen LogP contribution in [0.25, 0.3) is 11.1 Å². The molecule has 2 heterocycles. The SMILES string of the molecule is CSc1ccc(C2=C(c3ccc(Br)cc3)C(=O)N3CCCC3C2)cc1. The van der Waals surface area contributed by atoms with Crippen molar-refractivity contribution in [2.45, 2.75) is 30.2 Å². The lowest BCUT2D eigenvalue weighted by Crippen LogP contribution is -2.39. The van der Waals surface area contributed by atoms with Crippen LogP contribution in [-0.2, 0) is 4.79 Å². The number of amides is 1. The van der Waals surface area contributed by atoms with Gasteiger partial charge in [0, 0.05) is 22.0 Å². The van der Waals surface area contributed by atoms with Gasteiger partial charge in [-0.05, 0) is 66.5 Å². The van der Waals surface area contributed by atoms with E-state index in [0.29, 0.717) is 6.04 Å². The maximum atomic E-state index is 13.3. The van der Waals surface area contributed by atoms with Crippen LogP contribution in [0.3, 0.4) is 0 Å². The van der Waals surface area contributed by atoms with Crippen LogP contribution in [0.5, 0.6) is 0 Å². The Kier molecular flexibility index (Phi) is 4.74. The van der Waals surface area contributed by atoms with Gasteiger partial charge in [0.25, 0.3) is 5.91 Å². The van der Waals surface area contributed by atoms with Gasteiger partial charge in [-0.1, -0.05) is 40.2 Å². The molecule has 1 unspecified atom stereocenters. The van der Waals surface area contributed by atoms with Crippen LogP contribution < -0.4 is 0 Å². The van der Waals surface area contributed by atoms with E-state index in [0.717, 1.165) is 41.4 Å². The summed E-state index contributed by atoms with van der Waals surface area (Å²) in [5.41, 5.74) is 4.27. The summed E-state index contributed by atoms with van der Waals surface area (Å²) < 4.78 is 1.03. The van der Waals surface area contributed by atoms with Crippen molar-refractivity contribution in [1.82, 2.24) is 4.90 Å². The highest BCUT2D eigenvalue weighted by molar-refractivity contribution is 9.10. The number of fused-ring (bicyclic) bond motifs is 1. The van der Waals surface area contributed by atoms with E-state index in [-0.39, 0.29) is 5.91 Å². The summed E-state index contributed by atoms with van der Waals surface area (Å²) in [6.45, 7) is 0.891. The van der Waals surface area contributed by atoms with Crippen molar-refractivity contribution in [2.24, 2.45) is 0 Å². The van der Waals surface area contributed by atoms with E-state index >= 15 is 0 Å². The van der Waals surface area contributed by atoms with Crippen LogP contribution >= 0.6 is 27.7 Å². The summed E-state index contributed by atoms with van der Waals surface area (Å²) in [7, 11) is 0. The Balaban J connectivity index is 1.85. The first-order valence-corrected chi connectivity index (χ1v) is 10.6. The van der Waals surface area contributed by atoms with E-state index < -0.39 is 0 Å². The molecule has 1 atom stereocenters. The van der Waals surface area contributed by atoms with E-state index in [1.807, 2.05) is 24.3 Å². The molecule has 128 valence electrons. The summed E-state index contributed by atoms with van der Waals surface area (Å²) in [5, 5.41) is 0. The molecule has 1 fully saturated rings. The van der Waals surface area contributed by atoms with Crippen molar-refractivity contribution in [3.05, 3.63) is 64.1 Å². The molecule has 25 heavy (non-hydrogen) atoms. The molecule has 4 rings (SSSR count). The van der Waals surface area contributed by atoms with Crippen LogP contribution in [0, 0.1) is 0 Å². The van der Waals surface area contributed by atoms with Crippen molar-refractivity contribution in [1.29, 1.82) is 0 Å². The molecule has 0 spiro atoms. The first-order chi connectivity index (χ1) is 12.2. The lowest BCUT2D eigenvalue weighted by Gasteiger charge is -2.33. The van der Waals surface area contributed by atoms with Gasteiger partial charge in [-0.25, -0.2) is 0 Å². The topological polar surface area (TPSA) is 20.3 Å². The molecular formula is C21H20BrNOS. The van der Waals surface area contributed by atoms with Crippen molar-refractivity contribution in [2.75, 3.05) is 12.8 Å². The summed E-state index contributed by atoms with van der Waals surface area (Å²) in [6.07, 6.45) is 5.27. The Morgan fingerprint density at radius 3 is 2.40 bits per heavy atom. The normalized spacial score (nSPS) is 20.2. The van der Waals surface area contributed by atoms with Gasteiger partial charge in [0.05, 0.1) is 5.57 Å². The van der Waals surface area contributed by atoms with E-state index in [9.17, 15) is 4.79 Å². The fourth-order valence-electron chi connectivity index (χ4n) is 3.89. The molecule has 0 radical (unpaired) electrons. The minimum Gasteiger partial charge on any atom is -0.335 e. The largest absolute Gasteiger partial charge is 0.335 e. The Labute approximate surface area is 161 Å². The smallest absolute Gasteiger partial charge is 0.255 e. The Morgan fingerprint density at radius 1 is 1.04 bits per heavy atom. The third-order valence-electron chi connectivity index (χ3n) is 5.16. The highest BCUT2D eigenvalue weighted by Crippen LogP contribution is 2.41. The quantitative estimate of drug-likeness (QED) is 0.621. The third kappa shape index (κ3) is 3.18. The fourth-order valence-corrected chi connectivity index (χ4v) is 4.57. The lowest BCUT2D eigenvalue weighted by molar-refractivity contribution is -0.126. The van der Waals surface area contributed by atoms with Crippen molar-refractivity contribution >= 4 is 44.7 Å².